The van der Waals surface area contributed by atoms with Gasteiger partial charge in [-0.1, -0.05) is 44.2 Å². The fraction of sp³-hybridized carbons (Fsp3) is 0.474. The maximum atomic E-state index is 12.6. The van der Waals surface area contributed by atoms with Gasteiger partial charge in [0.15, 0.2) is 0 Å². The molecular formula is C19H27N3O6. The minimum atomic E-state index is -1.19. The van der Waals surface area contributed by atoms with E-state index in [-0.39, 0.29) is 25.2 Å². The summed E-state index contributed by atoms with van der Waals surface area (Å²) in [7, 11) is 0. The molecule has 0 aromatic heterocycles. The predicted octanol–water partition coefficient (Wildman–Crippen LogP) is 0.131. The zero-order chi connectivity index (χ0) is 21.3. The average molecular weight is 393 g/mol. The molecule has 0 bridgehead atoms. The third-order valence-electron chi connectivity index (χ3n) is 4.15. The maximum Gasteiger partial charge on any atom is 0.326 e. The summed E-state index contributed by atoms with van der Waals surface area (Å²) in [5.74, 6) is -3.90. The standard InChI is InChI=1S/C19H27N3O6/c1-11(2)16(22-17(25)13(20)8-9-15(23)24)18(26)21-14(19(27)28)10-12-6-4-3-5-7-12/h3-7,11,13-14,16H,8-10,20H2,1-2H3,(H,21,26)(H,22,25)(H,23,24)(H,27,28)/t13-,14+,16-/m0/s1. The van der Waals surface area contributed by atoms with Crippen molar-refractivity contribution in [2.75, 3.05) is 0 Å². The fourth-order valence-electron chi connectivity index (χ4n) is 2.52. The van der Waals surface area contributed by atoms with E-state index in [1.807, 2.05) is 0 Å². The molecule has 1 rings (SSSR count). The van der Waals surface area contributed by atoms with Crippen molar-refractivity contribution < 1.29 is 29.4 Å². The number of benzene rings is 1. The van der Waals surface area contributed by atoms with Crippen molar-refractivity contribution in [3.63, 3.8) is 0 Å². The van der Waals surface area contributed by atoms with E-state index < -0.39 is 41.9 Å². The molecule has 0 saturated heterocycles. The van der Waals surface area contributed by atoms with Crippen LogP contribution in [0.4, 0.5) is 0 Å². The van der Waals surface area contributed by atoms with Gasteiger partial charge in [-0.3, -0.25) is 14.4 Å². The molecule has 1 aromatic rings. The van der Waals surface area contributed by atoms with E-state index in [1.54, 1.807) is 44.2 Å². The molecular weight excluding hydrogens is 366 g/mol. The van der Waals surface area contributed by atoms with Crippen molar-refractivity contribution in [2.24, 2.45) is 11.7 Å². The van der Waals surface area contributed by atoms with Crippen LogP contribution in [0.1, 0.15) is 32.3 Å². The maximum absolute atomic E-state index is 12.6. The summed E-state index contributed by atoms with van der Waals surface area (Å²) in [6, 6.07) is 5.61. The average Bonchev–Trinajstić information content (AvgIpc) is 2.63. The first kappa shape index (κ1) is 23.1. The van der Waals surface area contributed by atoms with Gasteiger partial charge >= 0.3 is 11.9 Å². The van der Waals surface area contributed by atoms with Crippen LogP contribution in [-0.4, -0.2) is 52.1 Å². The van der Waals surface area contributed by atoms with Gasteiger partial charge in [0, 0.05) is 12.8 Å². The molecule has 0 fully saturated rings. The van der Waals surface area contributed by atoms with Crippen LogP contribution in [0.5, 0.6) is 0 Å². The van der Waals surface area contributed by atoms with Crippen molar-refractivity contribution in [1.29, 1.82) is 0 Å². The first-order valence-corrected chi connectivity index (χ1v) is 8.96. The van der Waals surface area contributed by atoms with E-state index in [2.05, 4.69) is 10.6 Å². The molecule has 0 heterocycles. The number of carboxylic acid groups (broad SMARTS) is 2. The Morgan fingerprint density at radius 1 is 1.00 bits per heavy atom. The number of hydrogen-bond donors (Lipinski definition) is 5. The molecule has 2 amide bonds. The van der Waals surface area contributed by atoms with Gasteiger partial charge in [0.2, 0.25) is 11.8 Å². The number of hydrogen-bond acceptors (Lipinski definition) is 5. The predicted molar refractivity (Wildman–Crippen MR) is 101 cm³/mol. The lowest BCUT2D eigenvalue weighted by Crippen LogP contribution is -2.56. The zero-order valence-electron chi connectivity index (χ0n) is 15.9. The topological polar surface area (TPSA) is 159 Å². The highest BCUT2D eigenvalue weighted by molar-refractivity contribution is 5.92. The second-order valence-electron chi connectivity index (χ2n) is 6.86. The molecule has 9 heteroatoms. The number of rotatable bonds is 11. The zero-order valence-corrected chi connectivity index (χ0v) is 15.9. The Bertz CT molecular complexity index is 692. The summed E-state index contributed by atoms with van der Waals surface area (Å²) >= 11 is 0. The van der Waals surface area contributed by atoms with Gasteiger partial charge in [-0.2, -0.15) is 0 Å². The Morgan fingerprint density at radius 2 is 1.61 bits per heavy atom. The summed E-state index contributed by atoms with van der Waals surface area (Å²) < 4.78 is 0. The Balaban J connectivity index is 2.77. The third kappa shape index (κ3) is 7.75. The van der Waals surface area contributed by atoms with Crippen molar-refractivity contribution in [3.05, 3.63) is 35.9 Å². The van der Waals surface area contributed by atoms with Gasteiger partial charge in [-0.25, -0.2) is 4.79 Å². The minimum absolute atomic E-state index is 0.0701. The fourth-order valence-corrected chi connectivity index (χ4v) is 2.52. The van der Waals surface area contributed by atoms with Gasteiger partial charge in [-0.05, 0) is 17.9 Å². The quantitative estimate of drug-likeness (QED) is 0.357. The Morgan fingerprint density at radius 3 is 2.11 bits per heavy atom. The number of carbonyl (C=O) groups excluding carboxylic acids is 2. The van der Waals surface area contributed by atoms with Crippen molar-refractivity contribution in [2.45, 2.75) is 51.2 Å². The molecule has 28 heavy (non-hydrogen) atoms. The van der Waals surface area contributed by atoms with E-state index in [4.69, 9.17) is 10.8 Å². The van der Waals surface area contributed by atoms with Crippen LogP contribution >= 0.6 is 0 Å². The highest BCUT2D eigenvalue weighted by Crippen LogP contribution is 2.07. The molecule has 0 saturated carbocycles. The number of carboxylic acids is 2. The number of amides is 2. The third-order valence-corrected chi connectivity index (χ3v) is 4.15. The SMILES string of the molecule is CC(C)[C@H](NC(=O)[C@@H](N)CCC(=O)O)C(=O)N[C@H](Cc1ccccc1)C(=O)O. The van der Waals surface area contributed by atoms with Crippen LogP contribution < -0.4 is 16.4 Å². The highest BCUT2D eigenvalue weighted by atomic mass is 16.4. The van der Waals surface area contributed by atoms with Gasteiger partial charge in [0.05, 0.1) is 6.04 Å². The molecule has 0 aliphatic rings. The van der Waals surface area contributed by atoms with Crippen LogP contribution in [0, 0.1) is 5.92 Å². The lowest BCUT2D eigenvalue weighted by molar-refractivity contribution is -0.142. The van der Waals surface area contributed by atoms with Gasteiger partial charge in [-0.15, -0.1) is 0 Å². The second-order valence-corrected chi connectivity index (χ2v) is 6.86. The van der Waals surface area contributed by atoms with E-state index in [1.165, 1.54) is 0 Å². The number of carbonyl (C=O) groups is 4. The lowest BCUT2D eigenvalue weighted by atomic mass is 10.0. The van der Waals surface area contributed by atoms with E-state index in [0.717, 1.165) is 5.56 Å². The number of aliphatic carboxylic acids is 2. The molecule has 0 radical (unpaired) electrons. The number of nitrogens with one attached hydrogen (secondary N) is 2. The Labute approximate surface area is 163 Å². The first-order chi connectivity index (χ1) is 13.1. The van der Waals surface area contributed by atoms with Gasteiger partial charge in [0.1, 0.15) is 12.1 Å². The van der Waals surface area contributed by atoms with Crippen molar-refractivity contribution in [3.8, 4) is 0 Å². The summed E-state index contributed by atoms with van der Waals surface area (Å²) in [6.07, 6.45) is -0.247. The monoisotopic (exact) mass is 393 g/mol. The van der Waals surface area contributed by atoms with E-state index in [0.29, 0.717) is 0 Å². The van der Waals surface area contributed by atoms with Crippen LogP contribution in [-0.2, 0) is 25.6 Å². The van der Waals surface area contributed by atoms with Crippen LogP contribution in [0.25, 0.3) is 0 Å². The molecule has 0 aliphatic heterocycles. The number of nitrogens with two attached hydrogens (primary N) is 1. The molecule has 9 nitrogen and oxygen atoms in total. The summed E-state index contributed by atoms with van der Waals surface area (Å²) in [4.78, 5) is 46.9. The summed E-state index contributed by atoms with van der Waals surface area (Å²) in [5.41, 5.74) is 6.41. The lowest BCUT2D eigenvalue weighted by Gasteiger charge is -2.25. The molecule has 0 aliphatic carbocycles. The molecule has 154 valence electrons. The van der Waals surface area contributed by atoms with Crippen molar-refractivity contribution >= 4 is 23.8 Å². The summed E-state index contributed by atoms with van der Waals surface area (Å²) in [5, 5.41) is 23.0. The highest BCUT2D eigenvalue weighted by Gasteiger charge is 2.30. The molecule has 6 N–H and O–H groups in total. The van der Waals surface area contributed by atoms with Gasteiger partial charge in [0.25, 0.3) is 0 Å². The van der Waals surface area contributed by atoms with E-state index >= 15 is 0 Å². The molecule has 1 aromatic carbocycles. The normalized spacial score (nSPS) is 14.0. The first-order valence-electron chi connectivity index (χ1n) is 8.96. The van der Waals surface area contributed by atoms with Gasteiger partial charge < -0.3 is 26.6 Å². The summed E-state index contributed by atoms with van der Waals surface area (Å²) in [6.45, 7) is 3.39. The minimum Gasteiger partial charge on any atom is -0.481 e. The Kier molecular flexibility index (Phi) is 9.10. The molecule has 0 unspecified atom stereocenters. The Hall–Kier alpha value is -2.94. The molecule has 0 spiro atoms. The van der Waals surface area contributed by atoms with Crippen LogP contribution in [0.2, 0.25) is 0 Å². The molecule has 3 atom stereocenters. The smallest absolute Gasteiger partial charge is 0.326 e. The van der Waals surface area contributed by atoms with Crippen molar-refractivity contribution in [1.82, 2.24) is 10.6 Å². The van der Waals surface area contributed by atoms with E-state index in [9.17, 15) is 24.3 Å². The van der Waals surface area contributed by atoms with Crippen LogP contribution in [0.3, 0.4) is 0 Å². The second kappa shape index (κ2) is 11.0. The van der Waals surface area contributed by atoms with Crippen LogP contribution in [0.15, 0.2) is 30.3 Å². The largest absolute Gasteiger partial charge is 0.481 e.